The minimum Gasteiger partial charge on any atom is -0.306 e. The number of rotatable bonds is 6. The number of nitrogens with one attached hydrogen (secondary N) is 1. The lowest BCUT2D eigenvalue weighted by molar-refractivity contribution is 0.480. The van der Waals surface area contributed by atoms with Crippen molar-refractivity contribution in [1.82, 2.24) is 5.32 Å². The molecule has 2 aromatic carbocycles. The second kappa shape index (κ2) is 6.23. The molecule has 104 valence electrons. The second-order valence-corrected chi connectivity index (χ2v) is 5.78. The average molecular weight is 265 g/mol. The van der Waals surface area contributed by atoms with E-state index in [-0.39, 0.29) is 0 Å². The molecule has 0 bridgehead atoms. The van der Waals surface area contributed by atoms with E-state index in [1.54, 1.807) is 0 Å². The fourth-order valence-electron chi connectivity index (χ4n) is 2.77. The molecular weight excluding hydrogens is 242 g/mol. The largest absolute Gasteiger partial charge is 0.306 e. The van der Waals surface area contributed by atoms with Gasteiger partial charge in [-0.2, -0.15) is 0 Å². The van der Waals surface area contributed by atoms with Crippen LogP contribution in [0.2, 0.25) is 0 Å². The van der Waals surface area contributed by atoms with Crippen molar-refractivity contribution < 1.29 is 0 Å². The molecular formula is C19H23N. The minimum atomic E-state index is 0.516. The van der Waals surface area contributed by atoms with Crippen LogP contribution in [0.5, 0.6) is 0 Å². The van der Waals surface area contributed by atoms with E-state index in [4.69, 9.17) is 0 Å². The molecule has 1 saturated carbocycles. The zero-order chi connectivity index (χ0) is 13.8. The Morgan fingerprint density at radius 1 is 0.950 bits per heavy atom. The second-order valence-electron chi connectivity index (χ2n) is 5.78. The molecule has 2 aromatic rings. The maximum absolute atomic E-state index is 3.75. The smallest absolute Gasteiger partial charge is 0.0351 e. The molecule has 1 nitrogen and oxygen atoms in total. The van der Waals surface area contributed by atoms with Crippen LogP contribution in [0.15, 0.2) is 54.6 Å². The molecule has 1 heteroatoms. The third-order valence-electron chi connectivity index (χ3n) is 4.21. The molecule has 1 aliphatic carbocycles. The van der Waals surface area contributed by atoms with Crippen LogP contribution in [-0.2, 0) is 13.0 Å². The predicted molar refractivity (Wildman–Crippen MR) is 84.6 cm³/mol. The number of aryl methyl sites for hydroxylation is 1. The van der Waals surface area contributed by atoms with E-state index in [9.17, 15) is 0 Å². The van der Waals surface area contributed by atoms with Crippen LogP contribution in [0.3, 0.4) is 0 Å². The van der Waals surface area contributed by atoms with E-state index in [2.05, 4.69) is 66.8 Å². The van der Waals surface area contributed by atoms with Crippen LogP contribution in [0.25, 0.3) is 0 Å². The topological polar surface area (TPSA) is 12.0 Å². The highest BCUT2D eigenvalue weighted by Gasteiger charge is 2.31. The fraction of sp³-hybridized carbons (Fsp3) is 0.368. The molecule has 0 amide bonds. The van der Waals surface area contributed by atoms with Crippen LogP contribution in [0.1, 0.15) is 42.5 Å². The molecule has 0 aromatic heterocycles. The van der Waals surface area contributed by atoms with Gasteiger partial charge in [-0.15, -0.1) is 0 Å². The van der Waals surface area contributed by atoms with Crippen LogP contribution in [0.4, 0.5) is 0 Å². The van der Waals surface area contributed by atoms with E-state index in [0.29, 0.717) is 6.04 Å². The van der Waals surface area contributed by atoms with Crippen molar-refractivity contribution in [3.05, 3.63) is 71.3 Å². The molecule has 0 spiro atoms. The summed E-state index contributed by atoms with van der Waals surface area (Å²) in [5.41, 5.74) is 4.22. The number of hydrogen-bond donors (Lipinski definition) is 1. The Morgan fingerprint density at radius 3 is 2.20 bits per heavy atom. The Morgan fingerprint density at radius 2 is 1.60 bits per heavy atom. The van der Waals surface area contributed by atoms with Gasteiger partial charge in [0, 0.05) is 12.6 Å². The van der Waals surface area contributed by atoms with Crippen molar-refractivity contribution in [1.29, 1.82) is 0 Å². The normalized spacial score (nSPS) is 16.1. The molecule has 1 fully saturated rings. The highest BCUT2D eigenvalue weighted by atomic mass is 14.9. The van der Waals surface area contributed by atoms with Gasteiger partial charge < -0.3 is 5.32 Å². The molecule has 0 saturated heterocycles. The van der Waals surface area contributed by atoms with Gasteiger partial charge >= 0.3 is 0 Å². The quantitative estimate of drug-likeness (QED) is 0.811. The zero-order valence-electron chi connectivity index (χ0n) is 12.2. The summed E-state index contributed by atoms with van der Waals surface area (Å²) in [5.74, 6) is 0.826. The summed E-state index contributed by atoms with van der Waals surface area (Å²) >= 11 is 0. The third kappa shape index (κ3) is 3.29. The van der Waals surface area contributed by atoms with Gasteiger partial charge in [0.25, 0.3) is 0 Å². The average Bonchev–Trinajstić information content (AvgIpc) is 3.34. The van der Waals surface area contributed by atoms with Crippen LogP contribution < -0.4 is 5.32 Å². The van der Waals surface area contributed by atoms with E-state index in [0.717, 1.165) is 18.9 Å². The maximum atomic E-state index is 3.75. The zero-order valence-corrected chi connectivity index (χ0v) is 12.2. The van der Waals surface area contributed by atoms with E-state index in [1.807, 2.05) is 0 Å². The molecule has 1 unspecified atom stereocenters. The first-order valence-corrected chi connectivity index (χ1v) is 7.73. The van der Waals surface area contributed by atoms with Crippen molar-refractivity contribution in [2.45, 2.75) is 38.8 Å². The van der Waals surface area contributed by atoms with Gasteiger partial charge in [0.2, 0.25) is 0 Å². The third-order valence-corrected chi connectivity index (χ3v) is 4.21. The summed E-state index contributed by atoms with van der Waals surface area (Å²) in [6.07, 6.45) is 3.84. The Balaban J connectivity index is 1.65. The van der Waals surface area contributed by atoms with E-state index in [1.165, 1.54) is 29.5 Å². The van der Waals surface area contributed by atoms with E-state index < -0.39 is 0 Å². The first-order valence-electron chi connectivity index (χ1n) is 7.73. The first-order chi connectivity index (χ1) is 9.86. The van der Waals surface area contributed by atoms with Gasteiger partial charge in [0.15, 0.2) is 0 Å². The van der Waals surface area contributed by atoms with Gasteiger partial charge in [-0.3, -0.25) is 0 Å². The summed E-state index contributed by atoms with van der Waals surface area (Å²) in [4.78, 5) is 0. The van der Waals surface area contributed by atoms with Crippen molar-refractivity contribution in [3.63, 3.8) is 0 Å². The highest BCUT2D eigenvalue weighted by Crippen LogP contribution is 2.41. The standard InChI is InChI=1S/C19H23N/c1-2-15-8-10-16(11-9-15)14-20-19(18-12-13-18)17-6-4-3-5-7-17/h3-11,18-20H,2,12-14H2,1H3. The monoisotopic (exact) mass is 265 g/mol. The van der Waals surface area contributed by atoms with Crippen LogP contribution in [-0.4, -0.2) is 0 Å². The molecule has 1 aliphatic rings. The molecule has 1 atom stereocenters. The van der Waals surface area contributed by atoms with Crippen molar-refractivity contribution in [3.8, 4) is 0 Å². The molecule has 0 radical (unpaired) electrons. The Hall–Kier alpha value is -1.60. The highest BCUT2D eigenvalue weighted by molar-refractivity contribution is 5.24. The van der Waals surface area contributed by atoms with Gasteiger partial charge in [-0.25, -0.2) is 0 Å². The predicted octanol–water partition coefficient (Wildman–Crippen LogP) is 4.49. The van der Waals surface area contributed by atoms with Gasteiger partial charge in [0.1, 0.15) is 0 Å². The summed E-state index contributed by atoms with van der Waals surface area (Å²) in [5, 5.41) is 3.75. The summed E-state index contributed by atoms with van der Waals surface area (Å²) in [7, 11) is 0. The van der Waals surface area contributed by atoms with Crippen LogP contribution >= 0.6 is 0 Å². The Kier molecular flexibility index (Phi) is 4.17. The molecule has 3 rings (SSSR count). The Bertz CT molecular complexity index is 525. The Labute approximate surface area is 122 Å². The number of hydrogen-bond acceptors (Lipinski definition) is 1. The minimum absolute atomic E-state index is 0.516. The summed E-state index contributed by atoms with van der Waals surface area (Å²) in [6.45, 7) is 3.16. The molecule has 0 heterocycles. The summed E-state index contributed by atoms with van der Waals surface area (Å²) in [6, 6.07) is 20.4. The van der Waals surface area contributed by atoms with Crippen LogP contribution in [0, 0.1) is 5.92 Å². The fourth-order valence-corrected chi connectivity index (χ4v) is 2.77. The molecule has 1 N–H and O–H groups in total. The molecule has 0 aliphatic heterocycles. The van der Waals surface area contributed by atoms with E-state index >= 15 is 0 Å². The molecule has 20 heavy (non-hydrogen) atoms. The van der Waals surface area contributed by atoms with Crippen molar-refractivity contribution in [2.75, 3.05) is 0 Å². The van der Waals surface area contributed by atoms with Crippen molar-refractivity contribution >= 4 is 0 Å². The van der Waals surface area contributed by atoms with Crippen molar-refractivity contribution in [2.24, 2.45) is 5.92 Å². The first kappa shape index (κ1) is 13.4. The van der Waals surface area contributed by atoms with Gasteiger partial charge in [-0.05, 0) is 41.9 Å². The lowest BCUT2D eigenvalue weighted by Gasteiger charge is -2.19. The van der Waals surface area contributed by atoms with Gasteiger partial charge in [0.05, 0.1) is 0 Å². The summed E-state index contributed by atoms with van der Waals surface area (Å²) < 4.78 is 0. The lowest BCUT2D eigenvalue weighted by atomic mass is 10.0. The lowest BCUT2D eigenvalue weighted by Crippen LogP contribution is -2.22. The number of benzene rings is 2. The SMILES string of the molecule is CCc1ccc(CNC(c2ccccc2)C2CC2)cc1. The maximum Gasteiger partial charge on any atom is 0.0351 e. The van der Waals surface area contributed by atoms with Gasteiger partial charge in [-0.1, -0.05) is 61.5 Å².